The first-order valence-electron chi connectivity index (χ1n) is 8.22. The Morgan fingerprint density at radius 3 is 2.26 bits per heavy atom. The van der Waals surface area contributed by atoms with Crippen LogP contribution >= 0.6 is 11.8 Å². The quantitative estimate of drug-likeness (QED) is 0.501. The number of hydrogen-bond donors (Lipinski definition) is 3. The summed E-state index contributed by atoms with van der Waals surface area (Å²) < 4.78 is 13.5. The Morgan fingerprint density at radius 1 is 0.963 bits per heavy atom. The molecule has 3 amide bonds. The maximum atomic E-state index is 13.5. The fourth-order valence-electron chi connectivity index (χ4n) is 2.30. The van der Waals surface area contributed by atoms with E-state index in [4.69, 9.17) is 0 Å². The van der Waals surface area contributed by atoms with Gasteiger partial charge in [0.05, 0.1) is 18.2 Å². The van der Waals surface area contributed by atoms with Crippen LogP contribution in [-0.2, 0) is 14.4 Å². The standard InChI is InChI=1S/C19H20FN3O3S/c1-13(24)21-16(14-7-3-2-4-8-14)11-18(25)22-23-19(26)12-27-17-10-6-5-9-15(17)20/h2-10,16H,11-12H2,1H3,(H,21,24)(H,22,25)(H,23,26)/t16-/m0/s1. The van der Waals surface area contributed by atoms with Crippen molar-refractivity contribution >= 4 is 29.5 Å². The number of hydrogen-bond acceptors (Lipinski definition) is 4. The van der Waals surface area contributed by atoms with E-state index in [0.717, 1.165) is 17.3 Å². The van der Waals surface area contributed by atoms with Gasteiger partial charge in [-0.05, 0) is 17.7 Å². The summed E-state index contributed by atoms with van der Waals surface area (Å²) in [6, 6.07) is 14.7. The summed E-state index contributed by atoms with van der Waals surface area (Å²) in [5, 5.41) is 2.71. The van der Waals surface area contributed by atoms with Gasteiger partial charge >= 0.3 is 0 Å². The van der Waals surface area contributed by atoms with E-state index in [9.17, 15) is 18.8 Å². The minimum Gasteiger partial charge on any atom is -0.349 e. The topological polar surface area (TPSA) is 87.3 Å². The number of thioether (sulfide) groups is 1. The molecule has 0 bridgehead atoms. The van der Waals surface area contributed by atoms with E-state index in [1.807, 2.05) is 18.2 Å². The largest absolute Gasteiger partial charge is 0.349 e. The molecule has 0 aliphatic carbocycles. The van der Waals surface area contributed by atoms with Gasteiger partial charge in [-0.1, -0.05) is 42.5 Å². The first-order chi connectivity index (χ1) is 13.0. The lowest BCUT2D eigenvalue weighted by Gasteiger charge is -2.18. The van der Waals surface area contributed by atoms with Gasteiger partial charge in [0.1, 0.15) is 5.82 Å². The van der Waals surface area contributed by atoms with Gasteiger partial charge < -0.3 is 5.32 Å². The fourth-order valence-corrected chi connectivity index (χ4v) is 3.04. The number of hydrazine groups is 1. The molecule has 2 rings (SSSR count). The summed E-state index contributed by atoms with van der Waals surface area (Å²) in [4.78, 5) is 35.7. The molecule has 0 unspecified atom stereocenters. The summed E-state index contributed by atoms with van der Waals surface area (Å²) in [7, 11) is 0. The molecule has 0 aromatic heterocycles. The number of carbonyl (C=O) groups is 3. The third-order valence-electron chi connectivity index (χ3n) is 3.51. The van der Waals surface area contributed by atoms with Crippen molar-refractivity contribution in [3.8, 4) is 0 Å². The minimum absolute atomic E-state index is 0.0374. The summed E-state index contributed by atoms with van der Waals surface area (Å²) in [5.41, 5.74) is 5.38. The van der Waals surface area contributed by atoms with Gasteiger partial charge in [-0.25, -0.2) is 4.39 Å². The molecule has 0 heterocycles. The van der Waals surface area contributed by atoms with Gasteiger partial charge in [0.25, 0.3) is 0 Å². The molecule has 0 aliphatic rings. The van der Waals surface area contributed by atoms with Crippen LogP contribution in [0.4, 0.5) is 4.39 Å². The molecule has 2 aromatic carbocycles. The van der Waals surface area contributed by atoms with Gasteiger partial charge in [-0.15, -0.1) is 11.8 Å². The summed E-state index contributed by atoms with van der Waals surface area (Å²) >= 11 is 1.03. The van der Waals surface area contributed by atoms with Crippen LogP contribution in [0.3, 0.4) is 0 Å². The molecule has 27 heavy (non-hydrogen) atoms. The zero-order chi connectivity index (χ0) is 19.6. The predicted molar refractivity (Wildman–Crippen MR) is 101 cm³/mol. The number of benzene rings is 2. The Bertz CT molecular complexity index is 802. The molecular formula is C19H20FN3O3S. The average Bonchev–Trinajstić information content (AvgIpc) is 2.65. The number of nitrogens with one attached hydrogen (secondary N) is 3. The van der Waals surface area contributed by atoms with E-state index in [1.54, 1.807) is 30.3 Å². The van der Waals surface area contributed by atoms with Gasteiger partial charge in [-0.3, -0.25) is 25.2 Å². The molecular weight excluding hydrogens is 369 g/mol. The molecule has 1 atom stereocenters. The van der Waals surface area contributed by atoms with Gasteiger partial charge in [0, 0.05) is 11.8 Å². The molecule has 0 saturated carbocycles. The van der Waals surface area contributed by atoms with Gasteiger partial charge in [-0.2, -0.15) is 0 Å². The second-order valence-electron chi connectivity index (χ2n) is 5.68. The molecule has 0 aliphatic heterocycles. The molecule has 6 nitrogen and oxygen atoms in total. The zero-order valence-corrected chi connectivity index (χ0v) is 15.5. The van der Waals surface area contributed by atoms with Crippen molar-refractivity contribution in [2.45, 2.75) is 24.3 Å². The molecule has 0 saturated heterocycles. The summed E-state index contributed by atoms with van der Waals surface area (Å²) in [6.07, 6.45) is -0.0374. The van der Waals surface area contributed by atoms with Crippen molar-refractivity contribution in [3.63, 3.8) is 0 Å². The van der Waals surface area contributed by atoms with Crippen LogP contribution in [-0.4, -0.2) is 23.5 Å². The number of carbonyl (C=O) groups excluding carboxylic acids is 3. The van der Waals surface area contributed by atoms with Crippen LogP contribution < -0.4 is 16.2 Å². The lowest BCUT2D eigenvalue weighted by molar-refractivity contribution is -0.128. The molecule has 142 valence electrons. The lowest BCUT2D eigenvalue weighted by Crippen LogP contribution is -2.44. The Kier molecular flexibility index (Phi) is 7.81. The Hall–Kier alpha value is -2.87. The normalized spacial score (nSPS) is 11.3. The van der Waals surface area contributed by atoms with E-state index < -0.39 is 23.7 Å². The van der Waals surface area contributed by atoms with E-state index in [0.29, 0.717) is 4.90 Å². The molecule has 3 N–H and O–H groups in total. The fraction of sp³-hybridized carbons (Fsp3) is 0.211. The van der Waals surface area contributed by atoms with Crippen molar-refractivity contribution < 1.29 is 18.8 Å². The SMILES string of the molecule is CC(=O)N[C@@H](CC(=O)NNC(=O)CSc1ccccc1F)c1ccccc1. The van der Waals surface area contributed by atoms with E-state index in [1.165, 1.54) is 13.0 Å². The van der Waals surface area contributed by atoms with Crippen molar-refractivity contribution in [3.05, 3.63) is 66.0 Å². The molecule has 0 fully saturated rings. The van der Waals surface area contributed by atoms with Crippen LogP contribution in [0.25, 0.3) is 0 Å². The highest BCUT2D eigenvalue weighted by Crippen LogP contribution is 2.20. The Labute approximate surface area is 160 Å². The molecule has 0 radical (unpaired) electrons. The molecule has 2 aromatic rings. The van der Waals surface area contributed by atoms with E-state index >= 15 is 0 Å². The monoisotopic (exact) mass is 389 g/mol. The highest BCUT2D eigenvalue weighted by molar-refractivity contribution is 8.00. The van der Waals surface area contributed by atoms with Crippen molar-refractivity contribution in [1.29, 1.82) is 0 Å². The highest BCUT2D eigenvalue weighted by atomic mass is 32.2. The van der Waals surface area contributed by atoms with Gasteiger partial charge in [0.15, 0.2) is 0 Å². The maximum absolute atomic E-state index is 13.5. The maximum Gasteiger partial charge on any atom is 0.248 e. The molecule has 0 spiro atoms. The number of halogens is 1. The third-order valence-corrected chi connectivity index (χ3v) is 4.55. The van der Waals surface area contributed by atoms with Gasteiger partial charge in [0.2, 0.25) is 17.7 Å². The summed E-state index contributed by atoms with van der Waals surface area (Å²) in [5.74, 6) is -1.63. The van der Waals surface area contributed by atoms with Crippen LogP contribution in [0.5, 0.6) is 0 Å². The lowest BCUT2D eigenvalue weighted by atomic mass is 10.0. The first-order valence-corrected chi connectivity index (χ1v) is 9.21. The third kappa shape index (κ3) is 7.10. The second kappa shape index (κ2) is 10.3. The van der Waals surface area contributed by atoms with E-state index in [2.05, 4.69) is 16.2 Å². The smallest absolute Gasteiger partial charge is 0.248 e. The summed E-state index contributed by atoms with van der Waals surface area (Å²) in [6.45, 7) is 1.37. The first kappa shape index (κ1) is 20.4. The van der Waals surface area contributed by atoms with Crippen LogP contribution in [0.1, 0.15) is 24.9 Å². The Morgan fingerprint density at radius 2 is 1.59 bits per heavy atom. The Balaban J connectivity index is 1.82. The predicted octanol–water partition coefficient (Wildman–Crippen LogP) is 2.33. The highest BCUT2D eigenvalue weighted by Gasteiger charge is 2.17. The van der Waals surface area contributed by atoms with Crippen LogP contribution in [0.2, 0.25) is 0 Å². The average molecular weight is 389 g/mol. The minimum atomic E-state index is -0.506. The van der Waals surface area contributed by atoms with Crippen LogP contribution in [0.15, 0.2) is 59.5 Å². The zero-order valence-electron chi connectivity index (χ0n) is 14.7. The number of rotatable bonds is 7. The molecule has 8 heteroatoms. The van der Waals surface area contributed by atoms with Crippen molar-refractivity contribution in [2.75, 3.05) is 5.75 Å². The number of amides is 3. The van der Waals surface area contributed by atoms with Crippen molar-refractivity contribution in [2.24, 2.45) is 0 Å². The van der Waals surface area contributed by atoms with E-state index in [-0.39, 0.29) is 18.1 Å². The van der Waals surface area contributed by atoms with Crippen LogP contribution in [0, 0.1) is 5.82 Å². The van der Waals surface area contributed by atoms with Crippen molar-refractivity contribution in [1.82, 2.24) is 16.2 Å². The second-order valence-corrected chi connectivity index (χ2v) is 6.70.